The van der Waals surface area contributed by atoms with Crippen LogP contribution in [0, 0.1) is 0 Å². The van der Waals surface area contributed by atoms with E-state index in [-0.39, 0.29) is 34.9 Å². The number of thioether (sulfide) groups is 1. The lowest BCUT2D eigenvalue weighted by atomic mass is 10.1. The van der Waals surface area contributed by atoms with Crippen LogP contribution in [-0.4, -0.2) is 32.9 Å². The second-order valence-electron chi connectivity index (χ2n) is 5.64. The fourth-order valence-corrected chi connectivity index (χ4v) is 3.89. The van der Waals surface area contributed by atoms with Crippen LogP contribution in [0.4, 0.5) is 0 Å². The number of carboxylic acids is 1. The number of carbonyl (C=O) groups excluding carboxylic acids is 3. The van der Waals surface area contributed by atoms with Crippen LogP contribution in [0.5, 0.6) is 0 Å². The van der Waals surface area contributed by atoms with E-state index in [4.69, 9.17) is 0 Å². The lowest BCUT2D eigenvalue weighted by molar-refractivity contribution is -0.255. The highest BCUT2D eigenvalue weighted by atomic mass is 32.2. The van der Waals surface area contributed by atoms with Gasteiger partial charge < -0.3 is 9.90 Å². The molecule has 0 N–H and O–H groups in total. The number of hydrogen-bond acceptors (Lipinski definition) is 6. The van der Waals surface area contributed by atoms with Gasteiger partial charge in [-0.15, -0.1) is 0 Å². The number of imide groups is 1. The van der Waals surface area contributed by atoms with Gasteiger partial charge in [0.2, 0.25) is 11.8 Å². The van der Waals surface area contributed by atoms with Gasteiger partial charge in [-0.3, -0.25) is 14.5 Å². The summed E-state index contributed by atoms with van der Waals surface area (Å²) in [5.74, 6) is -1.96. The Labute approximate surface area is 148 Å². The molecular weight excluding hydrogens is 340 g/mol. The molecule has 2 aromatic rings. The standard InChI is InChI=1S/C18H16N2O4S/c1-11(12-6-3-2-4-7-12)20-15(21)10-14(17(20)22)25-16-13(18(23)24)8-5-9-19-16/h2-9,11,14H,10H2,1H3,(H,23,24)/p-1/t11-,14+/m1/s1. The molecule has 6 nitrogen and oxygen atoms in total. The third kappa shape index (κ3) is 3.41. The molecule has 25 heavy (non-hydrogen) atoms. The normalized spacial score (nSPS) is 18.4. The zero-order valence-corrected chi connectivity index (χ0v) is 14.2. The van der Waals surface area contributed by atoms with Crippen LogP contribution in [-0.2, 0) is 9.59 Å². The number of benzene rings is 1. The van der Waals surface area contributed by atoms with Crippen LogP contribution in [0.15, 0.2) is 53.7 Å². The van der Waals surface area contributed by atoms with Gasteiger partial charge >= 0.3 is 0 Å². The molecule has 1 aliphatic rings. The zero-order chi connectivity index (χ0) is 18.0. The van der Waals surface area contributed by atoms with Crippen molar-refractivity contribution >= 4 is 29.5 Å². The number of carbonyl (C=O) groups is 3. The highest BCUT2D eigenvalue weighted by Gasteiger charge is 2.42. The first-order valence-corrected chi connectivity index (χ1v) is 8.61. The Morgan fingerprint density at radius 3 is 2.64 bits per heavy atom. The van der Waals surface area contributed by atoms with Crippen LogP contribution < -0.4 is 5.11 Å². The van der Waals surface area contributed by atoms with Crippen LogP contribution in [0.2, 0.25) is 0 Å². The highest BCUT2D eigenvalue weighted by Crippen LogP contribution is 2.35. The summed E-state index contributed by atoms with van der Waals surface area (Å²) in [7, 11) is 0. The molecule has 0 saturated carbocycles. The fraction of sp³-hybridized carbons (Fsp3) is 0.222. The van der Waals surface area contributed by atoms with Gasteiger partial charge in [-0.1, -0.05) is 42.1 Å². The van der Waals surface area contributed by atoms with Crippen LogP contribution in [0.3, 0.4) is 0 Å². The topological polar surface area (TPSA) is 90.4 Å². The van der Waals surface area contributed by atoms with E-state index in [9.17, 15) is 19.5 Å². The minimum atomic E-state index is -1.36. The predicted octanol–water partition coefficient (Wildman–Crippen LogP) is 1.43. The van der Waals surface area contributed by atoms with Gasteiger partial charge in [-0.25, -0.2) is 4.98 Å². The van der Waals surface area contributed by atoms with E-state index in [1.165, 1.54) is 23.2 Å². The Bertz CT molecular complexity index is 825. The van der Waals surface area contributed by atoms with E-state index in [2.05, 4.69) is 4.98 Å². The molecule has 7 heteroatoms. The molecule has 2 atom stereocenters. The summed E-state index contributed by atoms with van der Waals surface area (Å²) < 4.78 is 0. The summed E-state index contributed by atoms with van der Waals surface area (Å²) in [4.78, 5) is 41.5. The van der Waals surface area contributed by atoms with E-state index in [0.29, 0.717) is 0 Å². The Hall–Kier alpha value is -2.67. The maximum Gasteiger partial charge on any atom is 0.243 e. The second kappa shape index (κ2) is 7.06. The number of pyridine rings is 1. The van der Waals surface area contributed by atoms with Crippen molar-refractivity contribution < 1.29 is 19.5 Å². The van der Waals surface area contributed by atoms with Crippen molar-refractivity contribution in [3.05, 3.63) is 59.8 Å². The van der Waals surface area contributed by atoms with Crippen molar-refractivity contribution in [2.75, 3.05) is 0 Å². The molecule has 3 rings (SSSR count). The van der Waals surface area contributed by atoms with E-state index < -0.39 is 11.2 Å². The lowest BCUT2D eigenvalue weighted by Gasteiger charge is -2.23. The molecule has 1 saturated heterocycles. The number of aromatic nitrogens is 1. The first-order chi connectivity index (χ1) is 12.0. The number of hydrogen-bond donors (Lipinski definition) is 0. The molecule has 2 heterocycles. The molecule has 0 bridgehead atoms. The SMILES string of the molecule is C[C@H](c1ccccc1)N1C(=O)C[C@H](Sc2ncccc2C(=O)[O-])C1=O. The van der Waals surface area contributed by atoms with Gasteiger partial charge in [0.05, 0.1) is 17.3 Å². The molecule has 2 amide bonds. The summed E-state index contributed by atoms with van der Waals surface area (Å²) in [6.07, 6.45) is 1.46. The average Bonchev–Trinajstić information content (AvgIpc) is 2.89. The molecule has 0 aliphatic carbocycles. The average molecular weight is 355 g/mol. The van der Waals surface area contributed by atoms with E-state index in [0.717, 1.165) is 17.3 Å². The molecular formula is C18H15N2O4S-. The largest absolute Gasteiger partial charge is 0.545 e. The van der Waals surface area contributed by atoms with Crippen molar-refractivity contribution in [2.45, 2.75) is 29.7 Å². The van der Waals surface area contributed by atoms with E-state index in [1.54, 1.807) is 6.92 Å². The minimum absolute atomic E-state index is 0.0176. The first kappa shape index (κ1) is 17.2. The summed E-state index contributed by atoms with van der Waals surface area (Å²) in [6, 6.07) is 11.8. The number of nitrogens with zero attached hydrogens (tertiary/aromatic N) is 2. The van der Waals surface area contributed by atoms with E-state index in [1.807, 2.05) is 30.3 Å². The van der Waals surface area contributed by atoms with Gasteiger partial charge in [-0.2, -0.15) is 0 Å². The predicted molar refractivity (Wildman–Crippen MR) is 89.5 cm³/mol. The van der Waals surface area contributed by atoms with Crippen molar-refractivity contribution in [1.82, 2.24) is 9.88 Å². The number of amides is 2. The first-order valence-electron chi connectivity index (χ1n) is 7.73. The van der Waals surface area contributed by atoms with Gasteiger partial charge in [0.15, 0.2) is 0 Å². The van der Waals surface area contributed by atoms with Crippen molar-refractivity contribution in [2.24, 2.45) is 0 Å². The van der Waals surface area contributed by atoms with Crippen molar-refractivity contribution in [3.8, 4) is 0 Å². The molecule has 0 spiro atoms. The molecule has 128 valence electrons. The monoisotopic (exact) mass is 355 g/mol. The summed E-state index contributed by atoms with van der Waals surface area (Å²) in [5.41, 5.74) is 0.783. The van der Waals surface area contributed by atoms with Crippen molar-refractivity contribution in [3.63, 3.8) is 0 Å². The van der Waals surface area contributed by atoms with Gasteiger partial charge in [-0.05, 0) is 24.6 Å². The Morgan fingerprint density at radius 2 is 1.96 bits per heavy atom. The van der Waals surface area contributed by atoms with E-state index >= 15 is 0 Å². The number of likely N-dealkylation sites (tertiary alicyclic amines) is 1. The second-order valence-corrected chi connectivity index (χ2v) is 6.83. The maximum atomic E-state index is 12.7. The smallest absolute Gasteiger partial charge is 0.243 e. The fourth-order valence-electron chi connectivity index (χ4n) is 2.78. The van der Waals surface area contributed by atoms with Gasteiger partial charge in [0.25, 0.3) is 0 Å². The van der Waals surface area contributed by atoms with Gasteiger partial charge in [0, 0.05) is 18.2 Å². The Balaban J connectivity index is 1.81. The zero-order valence-electron chi connectivity index (χ0n) is 13.4. The van der Waals surface area contributed by atoms with Crippen molar-refractivity contribution in [1.29, 1.82) is 0 Å². The molecule has 1 aromatic carbocycles. The maximum absolute atomic E-state index is 12.7. The lowest BCUT2D eigenvalue weighted by Crippen LogP contribution is -2.34. The molecule has 1 aromatic heterocycles. The quantitative estimate of drug-likeness (QED) is 0.754. The summed E-state index contributed by atoms with van der Waals surface area (Å²) in [6.45, 7) is 1.80. The summed E-state index contributed by atoms with van der Waals surface area (Å²) >= 11 is 0.990. The third-order valence-electron chi connectivity index (χ3n) is 4.06. The molecule has 0 radical (unpaired) electrons. The van der Waals surface area contributed by atoms with Gasteiger partial charge in [0.1, 0.15) is 5.03 Å². The van der Waals surface area contributed by atoms with Crippen LogP contribution >= 0.6 is 11.8 Å². The number of carboxylic acid groups (broad SMARTS) is 1. The molecule has 1 aliphatic heterocycles. The highest BCUT2D eigenvalue weighted by molar-refractivity contribution is 8.00. The third-order valence-corrected chi connectivity index (χ3v) is 5.26. The number of aromatic carboxylic acids is 1. The summed E-state index contributed by atoms with van der Waals surface area (Å²) in [5, 5.41) is 10.7. The van der Waals surface area contributed by atoms with Crippen LogP contribution in [0.25, 0.3) is 0 Å². The minimum Gasteiger partial charge on any atom is -0.545 e. The molecule has 0 unspecified atom stereocenters. The number of rotatable bonds is 5. The Kier molecular flexibility index (Phi) is 4.85. The van der Waals surface area contributed by atoms with Crippen LogP contribution in [0.1, 0.15) is 35.3 Å². The molecule has 1 fully saturated rings. The Morgan fingerprint density at radius 1 is 1.24 bits per heavy atom.